The van der Waals surface area contributed by atoms with E-state index in [-0.39, 0.29) is 24.7 Å². The molecule has 0 bridgehead atoms. The zero-order chi connectivity index (χ0) is 30.9. The molecule has 42 heavy (non-hydrogen) atoms. The molecule has 0 radical (unpaired) electrons. The molecule has 1 unspecified atom stereocenters. The first-order valence-corrected chi connectivity index (χ1v) is 13.3. The molecule has 0 spiro atoms. The Bertz CT molecular complexity index is 1330. The molecule has 0 aliphatic rings. The number of hydrogen-bond acceptors (Lipinski definition) is 5. The number of amides is 4. The van der Waals surface area contributed by atoms with Crippen LogP contribution in [-0.4, -0.2) is 28.8 Å². The molecule has 1 atom stereocenters. The normalized spacial score (nSPS) is 11.9. The highest BCUT2D eigenvalue weighted by Gasteiger charge is 2.30. The molecule has 0 aliphatic carbocycles. The average Bonchev–Trinajstić information content (AvgIpc) is 2.91. The second kappa shape index (κ2) is 14.3. The van der Waals surface area contributed by atoms with Gasteiger partial charge in [0.25, 0.3) is 0 Å². The number of hydrogen-bond donors (Lipinski definition) is 5. The molecule has 0 heterocycles. The highest BCUT2D eigenvalue weighted by molar-refractivity contribution is 6.15. The van der Waals surface area contributed by atoms with E-state index in [0.717, 1.165) is 0 Å². The highest BCUT2D eigenvalue weighted by atomic mass is 19.1. The fourth-order valence-electron chi connectivity index (χ4n) is 4.77. The molecule has 0 fully saturated rings. The third kappa shape index (κ3) is 9.77. The lowest BCUT2D eigenvalue weighted by atomic mass is 9.79. The van der Waals surface area contributed by atoms with Gasteiger partial charge >= 0.3 is 0 Å². The van der Waals surface area contributed by atoms with Crippen molar-refractivity contribution in [2.45, 2.75) is 46.0 Å². The van der Waals surface area contributed by atoms with Crippen LogP contribution in [0.4, 0.5) is 25.8 Å². The molecule has 0 aromatic heterocycles. The summed E-state index contributed by atoms with van der Waals surface area (Å²) in [5, 5.41) is 16.8. The van der Waals surface area contributed by atoms with Crippen LogP contribution in [0.1, 0.15) is 51.5 Å². The van der Waals surface area contributed by atoms with Crippen molar-refractivity contribution in [1.29, 1.82) is 0 Å². The first kappa shape index (κ1) is 31.9. The van der Waals surface area contributed by atoms with E-state index in [9.17, 15) is 28.0 Å². The van der Waals surface area contributed by atoms with Crippen molar-refractivity contribution in [2.24, 2.45) is 11.3 Å². The number of anilines is 3. The van der Waals surface area contributed by atoms with E-state index in [2.05, 4.69) is 16.0 Å². The van der Waals surface area contributed by atoms with Crippen molar-refractivity contribution < 1.29 is 33.2 Å². The minimum Gasteiger partial charge on any atom is -0.326 e. The molecule has 222 valence electrons. The van der Waals surface area contributed by atoms with Gasteiger partial charge in [0.05, 0.1) is 0 Å². The smallest absolute Gasteiger partial charge is 0.243 e. The van der Waals surface area contributed by atoms with Crippen molar-refractivity contribution in [3.63, 3.8) is 0 Å². The van der Waals surface area contributed by atoms with Gasteiger partial charge in [0, 0.05) is 29.9 Å². The van der Waals surface area contributed by atoms with E-state index in [1.807, 2.05) is 20.8 Å². The topological polar surface area (TPSA) is 137 Å². The molecule has 3 aromatic carbocycles. The van der Waals surface area contributed by atoms with Gasteiger partial charge in [-0.2, -0.15) is 0 Å². The maximum Gasteiger partial charge on any atom is 0.243 e. The zero-order valence-corrected chi connectivity index (χ0v) is 23.5. The van der Waals surface area contributed by atoms with E-state index < -0.39 is 40.7 Å². The minimum atomic E-state index is -1.33. The number of nitrogens with one attached hydrogen (secondary N) is 4. The summed E-state index contributed by atoms with van der Waals surface area (Å²) in [7, 11) is 0. The summed E-state index contributed by atoms with van der Waals surface area (Å²) in [6.45, 7) is 5.68. The van der Waals surface area contributed by atoms with Gasteiger partial charge in [-0.25, -0.2) is 14.3 Å². The second-order valence-electron chi connectivity index (χ2n) is 11.0. The van der Waals surface area contributed by atoms with E-state index in [0.29, 0.717) is 29.0 Å². The lowest BCUT2D eigenvalue weighted by molar-refractivity contribution is -0.130. The minimum absolute atomic E-state index is 0.0571. The molecule has 0 saturated carbocycles. The van der Waals surface area contributed by atoms with Crippen LogP contribution in [-0.2, 0) is 19.2 Å². The van der Waals surface area contributed by atoms with Crippen LogP contribution < -0.4 is 21.4 Å². The molecule has 11 heteroatoms. The van der Waals surface area contributed by atoms with Gasteiger partial charge in [-0.05, 0) is 84.0 Å². The van der Waals surface area contributed by atoms with Crippen molar-refractivity contribution in [2.75, 3.05) is 16.0 Å². The second-order valence-corrected chi connectivity index (χ2v) is 11.0. The van der Waals surface area contributed by atoms with E-state index in [4.69, 9.17) is 5.21 Å². The van der Waals surface area contributed by atoms with E-state index in [1.165, 1.54) is 60.7 Å². The Labute approximate surface area is 242 Å². The summed E-state index contributed by atoms with van der Waals surface area (Å²) in [4.78, 5) is 50.7. The summed E-state index contributed by atoms with van der Waals surface area (Å²) < 4.78 is 26.6. The number of carbonyl (C=O) groups is 4. The molecular formula is C31H34F2N4O5. The van der Waals surface area contributed by atoms with Crippen LogP contribution in [0.15, 0.2) is 72.8 Å². The Morgan fingerprint density at radius 1 is 0.714 bits per heavy atom. The van der Waals surface area contributed by atoms with Crippen LogP contribution in [0.3, 0.4) is 0 Å². The van der Waals surface area contributed by atoms with Gasteiger partial charge in [0.1, 0.15) is 17.6 Å². The highest BCUT2D eigenvalue weighted by Crippen LogP contribution is 2.31. The zero-order valence-electron chi connectivity index (χ0n) is 23.5. The number of carbonyl (C=O) groups excluding carboxylic acids is 4. The number of rotatable bonds is 12. The van der Waals surface area contributed by atoms with Gasteiger partial charge in [0.2, 0.25) is 23.6 Å². The van der Waals surface area contributed by atoms with Gasteiger partial charge in [-0.3, -0.25) is 24.4 Å². The predicted molar refractivity (Wildman–Crippen MR) is 155 cm³/mol. The predicted octanol–water partition coefficient (Wildman–Crippen LogP) is 5.60. The van der Waals surface area contributed by atoms with Crippen LogP contribution in [0.25, 0.3) is 0 Å². The Kier molecular flexibility index (Phi) is 10.9. The average molecular weight is 581 g/mol. The van der Waals surface area contributed by atoms with E-state index >= 15 is 0 Å². The Hall–Kier alpha value is -4.64. The molecule has 0 saturated heterocycles. The molecule has 0 aliphatic heterocycles. The van der Waals surface area contributed by atoms with E-state index in [1.54, 1.807) is 17.6 Å². The summed E-state index contributed by atoms with van der Waals surface area (Å²) in [6.07, 6.45) is 0.872. The standard InChI is InChI=1S/C31H34F2N4O5/c1-19(16-26(38)37-42)17-31(2,3)18-27(39)34-23-10-4-20(5-11-23)28(29(40)35-24-12-6-21(32)7-13-24)30(41)36-25-14-8-22(33)9-15-25/h4-15,19,28,42H,16-18H2,1-3H3,(H,34,39)(H,35,40)(H,36,41)(H,37,38). The SMILES string of the molecule is CC(CC(=O)NO)CC(C)(C)CC(=O)Nc1ccc(C(C(=O)Nc2ccc(F)cc2)C(=O)Nc2ccc(F)cc2)cc1. The summed E-state index contributed by atoms with van der Waals surface area (Å²) in [5.74, 6) is -4.45. The molecule has 4 amide bonds. The first-order valence-electron chi connectivity index (χ1n) is 13.3. The first-order chi connectivity index (χ1) is 19.8. The summed E-state index contributed by atoms with van der Waals surface area (Å²) >= 11 is 0. The number of halogens is 2. The number of hydroxylamine groups is 1. The quantitative estimate of drug-likeness (QED) is 0.108. The Morgan fingerprint density at radius 2 is 1.14 bits per heavy atom. The Morgan fingerprint density at radius 3 is 1.60 bits per heavy atom. The summed E-state index contributed by atoms with van der Waals surface area (Å²) in [5.41, 5.74) is 2.54. The van der Waals surface area contributed by atoms with Crippen molar-refractivity contribution in [3.8, 4) is 0 Å². The van der Waals surface area contributed by atoms with Crippen LogP contribution in [0, 0.1) is 23.0 Å². The van der Waals surface area contributed by atoms with Gasteiger partial charge in [0.15, 0.2) is 0 Å². The van der Waals surface area contributed by atoms with Crippen LogP contribution >= 0.6 is 0 Å². The molecule has 9 nitrogen and oxygen atoms in total. The monoisotopic (exact) mass is 580 g/mol. The fourth-order valence-corrected chi connectivity index (χ4v) is 4.77. The third-order valence-corrected chi connectivity index (χ3v) is 6.47. The largest absolute Gasteiger partial charge is 0.326 e. The van der Waals surface area contributed by atoms with Crippen molar-refractivity contribution >= 4 is 40.7 Å². The third-order valence-electron chi connectivity index (χ3n) is 6.47. The van der Waals surface area contributed by atoms with Crippen molar-refractivity contribution in [1.82, 2.24) is 5.48 Å². The number of benzene rings is 3. The molecule has 5 N–H and O–H groups in total. The van der Waals surface area contributed by atoms with Gasteiger partial charge < -0.3 is 16.0 Å². The lowest BCUT2D eigenvalue weighted by Crippen LogP contribution is -2.32. The molecule has 3 rings (SSSR count). The molecular weight excluding hydrogens is 546 g/mol. The maximum atomic E-state index is 13.3. The Balaban J connectivity index is 1.73. The lowest BCUT2D eigenvalue weighted by Gasteiger charge is -2.27. The molecule has 3 aromatic rings. The van der Waals surface area contributed by atoms with Crippen molar-refractivity contribution in [3.05, 3.63) is 90.0 Å². The van der Waals surface area contributed by atoms with Crippen LogP contribution in [0.2, 0.25) is 0 Å². The van der Waals surface area contributed by atoms with Gasteiger partial charge in [-0.1, -0.05) is 32.9 Å². The fraction of sp³-hybridized carbons (Fsp3) is 0.290. The van der Waals surface area contributed by atoms with Crippen LogP contribution in [0.5, 0.6) is 0 Å². The maximum absolute atomic E-state index is 13.3. The van der Waals surface area contributed by atoms with Gasteiger partial charge in [-0.15, -0.1) is 0 Å². The summed E-state index contributed by atoms with van der Waals surface area (Å²) in [6, 6.07) is 16.4.